The second-order valence-electron chi connectivity index (χ2n) is 5.50. The van der Waals surface area contributed by atoms with Crippen LogP contribution in [0, 0.1) is 0 Å². The van der Waals surface area contributed by atoms with E-state index in [1.54, 1.807) is 14.0 Å². The molecule has 1 atom stereocenters. The van der Waals surface area contributed by atoms with Crippen LogP contribution < -0.4 is 10.1 Å². The number of carbonyl (C=O) groups is 1. The van der Waals surface area contributed by atoms with E-state index in [1.165, 1.54) is 31.1 Å². The van der Waals surface area contributed by atoms with Gasteiger partial charge in [0.05, 0.1) is 7.11 Å². The van der Waals surface area contributed by atoms with E-state index in [4.69, 9.17) is 9.47 Å². The summed E-state index contributed by atoms with van der Waals surface area (Å²) in [5.74, 6) is 0.494. The number of fused-ring (bicyclic) bond motifs is 1. The van der Waals surface area contributed by atoms with E-state index in [0.717, 1.165) is 18.6 Å². The number of benzene rings is 1. The standard InChI is InChI=1S/C16H23NO3/c1-16(17-2,15(18)19-3)11-20-14-9-8-12-6-4-5-7-13(12)10-14/h8-10,17H,4-7,11H2,1-3H3. The Morgan fingerprint density at radius 2 is 2.00 bits per heavy atom. The average Bonchev–Trinajstić information content (AvgIpc) is 2.51. The van der Waals surface area contributed by atoms with Crippen molar-refractivity contribution in [3.05, 3.63) is 29.3 Å². The molecular formula is C16H23NO3. The third-order valence-corrected chi connectivity index (χ3v) is 4.04. The van der Waals surface area contributed by atoms with Crippen LogP contribution in [0.5, 0.6) is 5.75 Å². The first-order valence-electron chi connectivity index (χ1n) is 7.11. The zero-order valence-corrected chi connectivity index (χ0v) is 12.5. The van der Waals surface area contributed by atoms with Crippen LogP contribution in [0.4, 0.5) is 0 Å². The molecule has 1 aromatic carbocycles. The van der Waals surface area contributed by atoms with Gasteiger partial charge in [0.15, 0.2) is 0 Å². The third-order valence-electron chi connectivity index (χ3n) is 4.04. The second-order valence-corrected chi connectivity index (χ2v) is 5.50. The molecule has 0 radical (unpaired) electrons. The van der Waals surface area contributed by atoms with Crippen molar-refractivity contribution in [2.75, 3.05) is 20.8 Å². The molecule has 1 aliphatic carbocycles. The highest BCUT2D eigenvalue weighted by Gasteiger charge is 2.33. The Labute approximate surface area is 120 Å². The van der Waals surface area contributed by atoms with Crippen molar-refractivity contribution in [1.29, 1.82) is 0 Å². The maximum Gasteiger partial charge on any atom is 0.329 e. The van der Waals surface area contributed by atoms with Crippen LogP contribution in [-0.2, 0) is 22.4 Å². The largest absolute Gasteiger partial charge is 0.491 e. The van der Waals surface area contributed by atoms with Gasteiger partial charge in [-0.15, -0.1) is 0 Å². The maximum atomic E-state index is 11.8. The van der Waals surface area contributed by atoms with Gasteiger partial charge in [0.25, 0.3) is 0 Å². The topological polar surface area (TPSA) is 47.6 Å². The summed E-state index contributed by atoms with van der Waals surface area (Å²) < 4.78 is 10.6. The molecule has 4 heteroatoms. The number of likely N-dealkylation sites (N-methyl/N-ethyl adjacent to an activating group) is 1. The molecule has 1 aromatic rings. The SMILES string of the molecule is CNC(C)(COc1ccc2c(c1)CCCC2)C(=O)OC. The molecule has 0 spiro atoms. The summed E-state index contributed by atoms with van der Waals surface area (Å²) in [6.45, 7) is 2.02. The van der Waals surface area contributed by atoms with E-state index < -0.39 is 5.54 Å². The summed E-state index contributed by atoms with van der Waals surface area (Å²) in [6.07, 6.45) is 4.79. The quantitative estimate of drug-likeness (QED) is 0.837. The highest BCUT2D eigenvalue weighted by molar-refractivity contribution is 5.80. The van der Waals surface area contributed by atoms with Crippen LogP contribution in [0.1, 0.15) is 30.9 Å². The van der Waals surface area contributed by atoms with Crippen LogP contribution in [0.2, 0.25) is 0 Å². The van der Waals surface area contributed by atoms with Crippen molar-refractivity contribution in [1.82, 2.24) is 5.32 Å². The molecular weight excluding hydrogens is 254 g/mol. The maximum absolute atomic E-state index is 11.8. The van der Waals surface area contributed by atoms with E-state index in [1.807, 2.05) is 6.07 Å². The number of aryl methyl sites for hydroxylation is 2. The van der Waals surface area contributed by atoms with Gasteiger partial charge in [-0.05, 0) is 62.9 Å². The molecule has 110 valence electrons. The predicted octanol–water partition coefficient (Wildman–Crippen LogP) is 2.10. The van der Waals surface area contributed by atoms with Crippen LogP contribution in [0.15, 0.2) is 18.2 Å². The van der Waals surface area contributed by atoms with Gasteiger partial charge in [-0.25, -0.2) is 4.79 Å². The molecule has 4 nitrogen and oxygen atoms in total. The summed E-state index contributed by atoms with van der Waals surface area (Å²) in [4.78, 5) is 11.8. The average molecular weight is 277 g/mol. The Bertz CT molecular complexity index is 487. The highest BCUT2D eigenvalue weighted by atomic mass is 16.5. The van der Waals surface area contributed by atoms with Crippen LogP contribution >= 0.6 is 0 Å². The lowest BCUT2D eigenvalue weighted by atomic mass is 9.92. The fraction of sp³-hybridized carbons (Fsp3) is 0.562. The number of carbonyl (C=O) groups excluding carboxylic acids is 1. The van der Waals surface area contributed by atoms with Crippen LogP contribution in [0.3, 0.4) is 0 Å². The summed E-state index contributed by atoms with van der Waals surface area (Å²) in [6, 6.07) is 6.22. The molecule has 0 saturated heterocycles. The zero-order chi connectivity index (χ0) is 14.6. The molecule has 1 unspecified atom stereocenters. The van der Waals surface area contributed by atoms with Crippen molar-refractivity contribution in [3.8, 4) is 5.75 Å². The van der Waals surface area contributed by atoms with Gasteiger partial charge in [-0.3, -0.25) is 0 Å². The lowest BCUT2D eigenvalue weighted by molar-refractivity contribution is -0.148. The molecule has 0 fully saturated rings. The Balaban J connectivity index is 2.05. The monoisotopic (exact) mass is 277 g/mol. The van der Waals surface area contributed by atoms with Gasteiger partial charge in [0.1, 0.15) is 17.9 Å². The fourth-order valence-corrected chi connectivity index (χ4v) is 2.49. The normalized spacial score (nSPS) is 16.9. The number of methoxy groups -OCH3 is 1. The first kappa shape index (κ1) is 14.9. The smallest absolute Gasteiger partial charge is 0.329 e. The Kier molecular flexibility index (Phi) is 4.65. The van der Waals surface area contributed by atoms with Gasteiger partial charge in [-0.2, -0.15) is 0 Å². The molecule has 0 amide bonds. The Hall–Kier alpha value is -1.55. The molecule has 1 N–H and O–H groups in total. The van der Waals surface area contributed by atoms with Crippen molar-refractivity contribution in [2.45, 2.75) is 38.1 Å². The van der Waals surface area contributed by atoms with Gasteiger partial charge >= 0.3 is 5.97 Å². The first-order valence-corrected chi connectivity index (χ1v) is 7.11. The minimum absolute atomic E-state index is 0.245. The van der Waals surface area contributed by atoms with Gasteiger partial charge in [0.2, 0.25) is 0 Å². The van der Waals surface area contributed by atoms with Gasteiger partial charge < -0.3 is 14.8 Å². The predicted molar refractivity (Wildman–Crippen MR) is 78.1 cm³/mol. The summed E-state index contributed by atoms with van der Waals surface area (Å²) in [5.41, 5.74) is 1.97. The highest BCUT2D eigenvalue weighted by Crippen LogP contribution is 2.25. The zero-order valence-electron chi connectivity index (χ0n) is 12.5. The summed E-state index contributed by atoms with van der Waals surface area (Å²) in [5, 5.41) is 2.96. The van der Waals surface area contributed by atoms with Crippen LogP contribution in [-0.4, -0.2) is 32.3 Å². The van der Waals surface area contributed by atoms with Gasteiger partial charge in [-0.1, -0.05) is 6.07 Å². The molecule has 0 aliphatic heterocycles. The molecule has 1 aliphatic rings. The van der Waals surface area contributed by atoms with E-state index in [2.05, 4.69) is 17.4 Å². The Morgan fingerprint density at radius 3 is 2.65 bits per heavy atom. The number of nitrogens with one attached hydrogen (secondary N) is 1. The lowest BCUT2D eigenvalue weighted by Crippen LogP contribution is -2.52. The molecule has 2 rings (SSSR count). The van der Waals surface area contributed by atoms with Crippen molar-refractivity contribution < 1.29 is 14.3 Å². The number of hydrogen-bond acceptors (Lipinski definition) is 4. The van der Waals surface area contributed by atoms with E-state index >= 15 is 0 Å². The molecule has 0 heterocycles. The Morgan fingerprint density at radius 1 is 1.30 bits per heavy atom. The number of hydrogen-bond donors (Lipinski definition) is 1. The first-order chi connectivity index (χ1) is 9.59. The molecule has 20 heavy (non-hydrogen) atoms. The minimum Gasteiger partial charge on any atom is -0.491 e. The molecule has 0 saturated carbocycles. The van der Waals surface area contributed by atoms with Crippen molar-refractivity contribution in [2.24, 2.45) is 0 Å². The molecule has 0 aromatic heterocycles. The summed E-state index contributed by atoms with van der Waals surface area (Å²) in [7, 11) is 3.12. The lowest BCUT2D eigenvalue weighted by Gasteiger charge is -2.26. The number of esters is 1. The second kappa shape index (κ2) is 6.27. The fourth-order valence-electron chi connectivity index (χ4n) is 2.49. The summed E-state index contributed by atoms with van der Waals surface area (Å²) >= 11 is 0. The third kappa shape index (κ3) is 3.12. The van der Waals surface area contributed by atoms with Gasteiger partial charge in [0, 0.05) is 0 Å². The van der Waals surface area contributed by atoms with E-state index in [9.17, 15) is 4.79 Å². The van der Waals surface area contributed by atoms with E-state index in [-0.39, 0.29) is 12.6 Å². The number of rotatable bonds is 5. The van der Waals surface area contributed by atoms with Crippen LogP contribution in [0.25, 0.3) is 0 Å². The van der Waals surface area contributed by atoms with Crippen molar-refractivity contribution >= 4 is 5.97 Å². The van der Waals surface area contributed by atoms with Crippen molar-refractivity contribution in [3.63, 3.8) is 0 Å². The van der Waals surface area contributed by atoms with E-state index in [0.29, 0.717) is 0 Å². The minimum atomic E-state index is -0.829. The molecule has 0 bridgehead atoms. The number of ether oxygens (including phenoxy) is 2.